The molecule has 1 unspecified atom stereocenters. The van der Waals surface area contributed by atoms with Gasteiger partial charge in [0.05, 0.1) is 0 Å². The average molecular weight is 248 g/mol. The van der Waals surface area contributed by atoms with Gasteiger partial charge in [0.1, 0.15) is 0 Å². The summed E-state index contributed by atoms with van der Waals surface area (Å²) in [7, 11) is 1.78. The van der Waals surface area contributed by atoms with Gasteiger partial charge in [0, 0.05) is 13.1 Å². The van der Waals surface area contributed by atoms with E-state index in [1.807, 2.05) is 18.2 Å². The van der Waals surface area contributed by atoms with Crippen molar-refractivity contribution in [1.82, 2.24) is 10.2 Å². The van der Waals surface area contributed by atoms with Crippen LogP contribution >= 0.6 is 0 Å². The zero-order chi connectivity index (χ0) is 13.0. The first-order valence-electron chi connectivity index (χ1n) is 6.40. The van der Waals surface area contributed by atoms with Gasteiger partial charge in [0.2, 0.25) is 0 Å². The number of hydrogen-bond acceptors (Lipinski definition) is 3. The second kappa shape index (κ2) is 5.98. The number of carbonyl (C=O) groups is 1. The number of aliphatic hydroxyl groups is 1. The molecule has 1 aliphatic rings. The van der Waals surface area contributed by atoms with Gasteiger partial charge in [0.15, 0.2) is 6.10 Å². The second-order valence-electron chi connectivity index (χ2n) is 4.74. The Balaban J connectivity index is 2.01. The number of benzene rings is 1. The molecule has 0 spiro atoms. The summed E-state index contributed by atoms with van der Waals surface area (Å²) in [6.45, 7) is 1.87. The molecule has 1 atom stereocenters. The summed E-state index contributed by atoms with van der Waals surface area (Å²) in [6.07, 6.45) is 0.846. The van der Waals surface area contributed by atoms with Gasteiger partial charge in [-0.25, -0.2) is 0 Å². The Morgan fingerprint density at radius 3 is 2.56 bits per heavy atom. The molecule has 4 nitrogen and oxygen atoms in total. The van der Waals surface area contributed by atoms with Crippen LogP contribution in [0.4, 0.5) is 0 Å². The van der Waals surface area contributed by atoms with E-state index in [9.17, 15) is 9.90 Å². The standard InChI is InChI=1S/C14H20N2O2/c1-16(12-7-9-15-10-8-12)14(18)13(17)11-5-3-2-4-6-11/h2-6,12-13,15,17H,7-10H2,1H3. The molecule has 1 aromatic rings. The van der Waals surface area contributed by atoms with Gasteiger partial charge in [0.25, 0.3) is 5.91 Å². The third-order valence-electron chi connectivity index (χ3n) is 3.55. The van der Waals surface area contributed by atoms with E-state index in [-0.39, 0.29) is 11.9 Å². The molecule has 0 aromatic heterocycles. The van der Waals surface area contributed by atoms with E-state index < -0.39 is 6.10 Å². The molecular weight excluding hydrogens is 228 g/mol. The summed E-state index contributed by atoms with van der Waals surface area (Å²) < 4.78 is 0. The Morgan fingerprint density at radius 2 is 1.94 bits per heavy atom. The van der Waals surface area contributed by atoms with E-state index in [1.165, 1.54) is 0 Å². The minimum atomic E-state index is -1.05. The molecule has 0 bridgehead atoms. The number of likely N-dealkylation sites (N-methyl/N-ethyl adjacent to an activating group) is 1. The molecule has 1 heterocycles. The first-order valence-corrected chi connectivity index (χ1v) is 6.40. The van der Waals surface area contributed by atoms with Crippen molar-refractivity contribution >= 4 is 5.91 Å². The Labute approximate surface area is 108 Å². The second-order valence-corrected chi connectivity index (χ2v) is 4.74. The highest BCUT2D eigenvalue weighted by Crippen LogP contribution is 2.18. The maximum absolute atomic E-state index is 12.2. The van der Waals surface area contributed by atoms with Crippen LogP contribution in [0.2, 0.25) is 0 Å². The molecule has 1 amide bonds. The zero-order valence-electron chi connectivity index (χ0n) is 10.7. The van der Waals surface area contributed by atoms with Crippen molar-refractivity contribution in [2.24, 2.45) is 0 Å². The molecule has 1 saturated heterocycles. The Bertz CT molecular complexity index is 388. The predicted molar refractivity (Wildman–Crippen MR) is 70.1 cm³/mol. The lowest BCUT2D eigenvalue weighted by Crippen LogP contribution is -2.45. The molecule has 1 aromatic carbocycles. The molecule has 2 rings (SSSR count). The Hall–Kier alpha value is -1.39. The van der Waals surface area contributed by atoms with Crippen molar-refractivity contribution in [3.63, 3.8) is 0 Å². The van der Waals surface area contributed by atoms with Gasteiger partial charge in [-0.05, 0) is 31.5 Å². The quantitative estimate of drug-likeness (QED) is 0.836. The highest BCUT2D eigenvalue weighted by atomic mass is 16.3. The van der Waals surface area contributed by atoms with Crippen LogP contribution in [0.15, 0.2) is 30.3 Å². The first-order chi connectivity index (χ1) is 8.70. The maximum atomic E-state index is 12.2. The van der Waals surface area contributed by atoms with E-state index in [4.69, 9.17) is 0 Å². The monoisotopic (exact) mass is 248 g/mol. The molecule has 98 valence electrons. The third-order valence-corrected chi connectivity index (χ3v) is 3.55. The van der Waals surface area contributed by atoms with Crippen LogP contribution in [0.25, 0.3) is 0 Å². The number of nitrogens with zero attached hydrogens (tertiary/aromatic N) is 1. The van der Waals surface area contributed by atoms with Gasteiger partial charge in [-0.15, -0.1) is 0 Å². The van der Waals surface area contributed by atoms with Crippen molar-refractivity contribution in [2.75, 3.05) is 20.1 Å². The highest BCUT2D eigenvalue weighted by Gasteiger charge is 2.27. The van der Waals surface area contributed by atoms with Crippen LogP contribution in [-0.2, 0) is 4.79 Å². The number of rotatable bonds is 3. The van der Waals surface area contributed by atoms with Gasteiger partial charge >= 0.3 is 0 Å². The van der Waals surface area contributed by atoms with E-state index in [0.717, 1.165) is 25.9 Å². The number of piperidine rings is 1. The molecule has 0 aliphatic carbocycles. The lowest BCUT2D eigenvalue weighted by molar-refractivity contribution is -0.141. The number of hydrogen-bond donors (Lipinski definition) is 2. The van der Waals surface area contributed by atoms with Crippen LogP contribution in [0.3, 0.4) is 0 Å². The summed E-state index contributed by atoms with van der Waals surface area (Å²) in [6, 6.07) is 9.32. The third kappa shape index (κ3) is 2.89. The SMILES string of the molecule is CN(C(=O)C(O)c1ccccc1)C1CCNCC1. The number of amides is 1. The number of carbonyl (C=O) groups excluding carboxylic acids is 1. The summed E-state index contributed by atoms with van der Waals surface area (Å²) >= 11 is 0. The van der Waals surface area contributed by atoms with Crippen molar-refractivity contribution in [3.8, 4) is 0 Å². The Kier molecular flexibility index (Phi) is 4.33. The van der Waals surface area contributed by atoms with Crippen molar-refractivity contribution in [2.45, 2.75) is 25.0 Å². The molecule has 1 aliphatic heterocycles. The van der Waals surface area contributed by atoms with Gasteiger partial charge in [-0.1, -0.05) is 30.3 Å². The molecule has 0 radical (unpaired) electrons. The molecule has 0 saturated carbocycles. The van der Waals surface area contributed by atoms with Crippen LogP contribution in [0, 0.1) is 0 Å². The lowest BCUT2D eigenvalue weighted by atomic mass is 10.0. The van der Waals surface area contributed by atoms with Gasteiger partial charge < -0.3 is 15.3 Å². The summed E-state index contributed by atoms with van der Waals surface area (Å²) in [5.74, 6) is -0.215. The fourth-order valence-corrected chi connectivity index (χ4v) is 2.34. The van der Waals surface area contributed by atoms with Crippen molar-refractivity contribution in [3.05, 3.63) is 35.9 Å². The van der Waals surface area contributed by atoms with Crippen LogP contribution in [0.1, 0.15) is 24.5 Å². The minimum Gasteiger partial charge on any atom is -0.378 e. The topological polar surface area (TPSA) is 52.6 Å². The zero-order valence-corrected chi connectivity index (χ0v) is 10.7. The minimum absolute atomic E-state index is 0.215. The largest absolute Gasteiger partial charge is 0.378 e. The van der Waals surface area contributed by atoms with E-state index >= 15 is 0 Å². The number of aliphatic hydroxyl groups excluding tert-OH is 1. The highest BCUT2D eigenvalue weighted by molar-refractivity contribution is 5.82. The van der Waals surface area contributed by atoms with E-state index in [2.05, 4.69) is 5.32 Å². The molecule has 18 heavy (non-hydrogen) atoms. The fourth-order valence-electron chi connectivity index (χ4n) is 2.34. The van der Waals surface area contributed by atoms with Crippen molar-refractivity contribution in [1.29, 1.82) is 0 Å². The van der Waals surface area contributed by atoms with Crippen molar-refractivity contribution < 1.29 is 9.90 Å². The van der Waals surface area contributed by atoms with Gasteiger partial charge in [-0.2, -0.15) is 0 Å². The van der Waals surface area contributed by atoms with Crippen LogP contribution in [-0.4, -0.2) is 42.1 Å². The summed E-state index contributed by atoms with van der Waals surface area (Å²) in [5, 5.41) is 13.4. The normalized spacial score (nSPS) is 18.3. The Morgan fingerprint density at radius 1 is 1.33 bits per heavy atom. The average Bonchev–Trinajstić information content (AvgIpc) is 2.47. The first kappa shape index (κ1) is 13.1. The summed E-state index contributed by atoms with van der Waals surface area (Å²) in [4.78, 5) is 13.9. The molecular formula is C14H20N2O2. The fraction of sp³-hybridized carbons (Fsp3) is 0.500. The predicted octanol–water partition coefficient (Wildman–Crippen LogP) is 0.930. The molecule has 4 heteroatoms. The smallest absolute Gasteiger partial charge is 0.256 e. The number of nitrogens with one attached hydrogen (secondary N) is 1. The van der Waals surface area contributed by atoms with Crippen LogP contribution in [0.5, 0.6) is 0 Å². The van der Waals surface area contributed by atoms with E-state index in [0.29, 0.717) is 5.56 Å². The summed E-state index contributed by atoms with van der Waals surface area (Å²) in [5.41, 5.74) is 0.656. The molecule has 2 N–H and O–H groups in total. The molecule has 1 fully saturated rings. The van der Waals surface area contributed by atoms with Crippen LogP contribution < -0.4 is 5.32 Å². The van der Waals surface area contributed by atoms with E-state index in [1.54, 1.807) is 24.1 Å². The lowest BCUT2D eigenvalue weighted by Gasteiger charge is -2.33. The maximum Gasteiger partial charge on any atom is 0.256 e. The van der Waals surface area contributed by atoms with Gasteiger partial charge in [-0.3, -0.25) is 4.79 Å².